The van der Waals surface area contributed by atoms with Crippen LogP contribution < -0.4 is 5.32 Å². The standard InChI is InChI=1S/C57H107NO5/c1-3-5-7-9-11-13-15-17-19-21-23-27-31-35-39-43-47-51-57(62)63-52-48-44-40-36-32-28-24-26-30-34-38-42-46-50-56(61)58-54(53-59)55(60)49-45-41-37-33-29-25-22-20-18-16-14-12-10-8-6-4-2/h11,13,17,19,26,30,54-55,59-60H,3-10,12,14-16,18,20-25,27-29,31-53H2,1-2H3,(H,58,61)/b13-11-,19-17-,30-26-. The van der Waals surface area contributed by atoms with Crippen LogP contribution in [0.3, 0.4) is 0 Å². The first-order valence-corrected chi connectivity index (χ1v) is 27.7. The van der Waals surface area contributed by atoms with Crippen LogP contribution in [0, 0.1) is 0 Å². The second-order valence-corrected chi connectivity index (χ2v) is 18.9. The van der Waals surface area contributed by atoms with Gasteiger partial charge in [-0.25, -0.2) is 0 Å². The molecule has 0 rings (SSSR count). The highest BCUT2D eigenvalue weighted by Gasteiger charge is 2.20. The minimum Gasteiger partial charge on any atom is -0.466 e. The van der Waals surface area contributed by atoms with E-state index in [1.54, 1.807) is 0 Å². The van der Waals surface area contributed by atoms with E-state index in [-0.39, 0.29) is 18.5 Å². The van der Waals surface area contributed by atoms with E-state index in [9.17, 15) is 19.8 Å². The SMILES string of the molecule is CCCCC/C=C\C/C=C\CCCCCCCCCC(=O)OCCCCCCCC/C=C\CCCCCC(=O)NC(CO)C(O)CCCCCCCCCCCCCCCCCC. The van der Waals surface area contributed by atoms with E-state index >= 15 is 0 Å². The lowest BCUT2D eigenvalue weighted by molar-refractivity contribution is -0.143. The van der Waals surface area contributed by atoms with Gasteiger partial charge in [0.15, 0.2) is 0 Å². The van der Waals surface area contributed by atoms with Gasteiger partial charge in [0.05, 0.1) is 25.4 Å². The van der Waals surface area contributed by atoms with Gasteiger partial charge in [-0.05, 0) is 83.5 Å². The number of unbranched alkanes of at least 4 members (excludes halogenated alkanes) is 34. The summed E-state index contributed by atoms with van der Waals surface area (Å²) in [6.45, 7) is 4.89. The van der Waals surface area contributed by atoms with Crippen molar-refractivity contribution in [2.24, 2.45) is 0 Å². The molecule has 0 saturated carbocycles. The highest BCUT2D eigenvalue weighted by atomic mass is 16.5. The Bertz CT molecular complexity index is 1020. The molecular weight excluding hydrogens is 779 g/mol. The van der Waals surface area contributed by atoms with E-state index < -0.39 is 12.1 Å². The Balaban J connectivity index is 3.50. The third-order valence-corrected chi connectivity index (χ3v) is 12.7. The van der Waals surface area contributed by atoms with Crippen LogP contribution in [-0.2, 0) is 14.3 Å². The van der Waals surface area contributed by atoms with Gasteiger partial charge in [0, 0.05) is 12.8 Å². The summed E-state index contributed by atoms with van der Waals surface area (Å²) in [7, 11) is 0. The van der Waals surface area contributed by atoms with Crippen LogP contribution >= 0.6 is 0 Å². The topological polar surface area (TPSA) is 95.9 Å². The number of carbonyl (C=O) groups is 2. The second-order valence-electron chi connectivity index (χ2n) is 18.9. The van der Waals surface area contributed by atoms with E-state index in [1.165, 1.54) is 180 Å². The van der Waals surface area contributed by atoms with E-state index in [0.29, 0.717) is 25.9 Å². The fraction of sp³-hybridized carbons (Fsp3) is 0.860. The molecule has 0 aromatic carbocycles. The van der Waals surface area contributed by atoms with Crippen LogP contribution in [0.4, 0.5) is 0 Å². The van der Waals surface area contributed by atoms with Crippen LogP contribution in [0.5, 0.6) is 0 Å². The number of hydrogen-bond acceptors (Lipinski definition) is 5. The smallest absolute Gasteiger partial charge is 0.305 e. The van der Waals surface area contributed by atoms with Gasteiger partial charge < -0.3 is 20.3 Å². The molecular formula is C57H107NO5. The number of ether oxygens (including phenoxy) is 1. The predicted molar refractivity (Wildman–Crippen MR) is 273 cm³/mol. The van der Waals surface area contributed by atoms with Gasteiger partial charge in [0.2, 0.25) is 5.91 Å². The number of nitrogens with one attached hydrogen (secondary N) is 1. The van der Waals surface area contributed by atoms with Crippen molar-refractivity contribution in [3.05, 3.63) is 36.5 Å². The molecule has 2 unspecified atom stereocenters. The number of aliphatic hydroxyl groups is 2. The van der Waals surface area contributed by atoms with Crippen molar-refractivity contribution in [1.82, 2.24) is 5.32 Å². The number of hydrogen-bond donors (Lipinski definition) is 3. The number of carbonyl (C=O) groups excluding carboxylic acids is 2. The normalized spacial score (nSPS) is 12.9. The number of rotatable bonds is 51. The molecule has 0 bridgehead atoms. The second kappa shape index (κ2) is 52.7. The molecule has 63 heavy (non-hydrogen) atoms. The quantitative estimate of drug-likeness (QED) is 0.0321. The fourth-order valence-electron chi connectivity index (χ4n) is 8.37. The van der Waals surface area contributed by atoms with Crippen molar-refractivity contribution >= 4 is 11.9 Å². The Morgan fingerprint density at radius 1 is 0.444 bits per heavy atom. The molecule has 6 heteroatoms. The van der Waals surface area contributed by atoms with Crippen molar-refractivity contribution < 1.29 is 24.5 Å². The maximum absolute atomic E-state index is 12.5. The zero-order chi connectivity index (χ0) is 45.8. The lowest BCUT2D eigenvalue weighted by Gasteiger charge is -2.22. The average Bonchev–Trinajstić information content (AvgIpc) is 3.28. The number of allylic oxidation sites excluding steroid dienone is 6. The number of esters is 1. The average molecular weight is 886 g/mol. The van der Waals surface area contributed by atoms with E-state index in [1.807, 2.05) is 0 Å². The zero-order valence-electron chi connectivity index (χ0n) is 42.1. The Hall–Kier alpha value is -1.92. The van der Waals surface area contributed by atoms with Crippen LogP contribution in [0.25, 0.3) is 0 Å². The molecule has 370 valence electrons. The van der Waals surface area contributed by atoms with Gasteiger partial charge in [-0.2, -0.15) is 0 Å². The molecule has 1 amide bonds. The predicted octanol–water partition coefficient (Wildman–Crippen LogP) is 16.9. The molecule has 2 atom stereocenters. The summed E-state index contributed by atoms with van der Waals surface area (Å²) in [6, 6.07) is -0.563. The first-order valence-electron chi connectivity index (χ1n) is 27.7. The molecule has 0 aliphatic heterocycles. The highest BCUT2D eigenvalue weighted by Crippen LogP contribution is 2.16. The molecule has 0 aromatic heterocycles. The Morgan fingerprint density at radius 2 is 0.794 bits per heavy atom. The van der Waals surface area contributed by atoms with Crippen LogP contribution in [0.15, 0.2) is 36.5 Å². The maximum Gasteiger partial charge on any atom is 0.305 e. The van der Waals surface area contributed by atoms with Crippen LogP contribution in [-0.4, -0.2) is 47.4 Å². The lowest BCUT2D eigenvalue weighted by Crippen LogP contribution is -2.45. The Morgan fingerprint density at radius 3 is 1.27 bits per heavy atom. The summed E-state index contributed by atoms with van der Waals surface area (Å²) in [5, 5.41) is 23.2. The monoisotopic (exact) mass is 886 g/mol. The molecule has 0 saturated heterocycles. The van der Waals surface area contributed by atoms with E-state index in [0.717, 1.165) is 77.0 Å². The Kier molecular flexibility index (Phi) is 51.1. The highest BCUT2D eigenvalue weighted by molar-refractivity contribution is 5.76. The minimum atomic E-state index is -0.682. The van der Waals surface area contributed by atoms with E-state index in [2.05, 4.69) is 55.6 Å². The Labute approximate surface area is 392 Å². The minimum absolute atomic E-state index is 0.0204. The molecule has 0 aromatic rings. The lowest BCUT2D eigenvalue weighted by atomic mass is 10.0. The first kappa shape index (κ1) is 61.1. The zero-order valence-corrected chi connectivity index (χ0v) is 42.1. The third-order valence-electron chi connectivity index (χ3n) is 12.7. The molecule has 0 radical (unpaired) electrons. The van der Waals surface area contributed by atoms with Crippen molar-refractivity contribution in [2.75, 3.05) is 13.2 Å². The summed E-state index contributed by atoms with van der Waals surface area (Å²) in [5.41, 5.74) is 0. The summed E-state index contributed by atoms with van der Waals surface area (Å²) < 4.78 is 5.46. The summed E-state index contributed by atoms with van der Waals surface area (Å²) in [5.74, 6) is -0.0851. The van der Waals surface area contributed by atoms with Crippen molar-refractivity contribution in [3.8, 4) is 0 Å². The molecule has 0 aliphatic carbocycles. The van der Waals surface area contributed by atoms with Crippen molar-refractivity contribution in [3.63, 3.8) is 0 Å². The van der Waals surface area contributed by atoms with Crippen molar-refractivity contribution in [1.29, 1.82) is 0 Å². The molecule has 3 N–H and O–H groups in total. The summed E-state index contributed by atoms with van der Waals surface area (Å²) in [4.78, 5) is 24.5. The van der Waals surface area contributed by atoms with Crippen molar-refractivity contribution in [2.45, 2.75) is 302 Å². The largest absolute Gasteiger partial charge is 0.466 e. The molecule has 0 heterocycles. The van der Waals surface area contributed by atoms with Gasteiger partial charge in [0.25, 0.3) is 0 Å². The van der Waals surface area contributed by atoms with Gasteiger partial charge in [0.1, 0.15) is 0 Å². The summed E-state index contributed by atoms with van der Waals surface area (Å²) >= 11 is 0. The molecule has 0 aliphatic rings. The summed E-state index contributed by atoms with van der Waals surface area (Å²) in [6.07, 6.45) is 64.0. The van der Waals surface area contributed by atoms with Gasteiger partial charge >= 0.3 is 5.97 Å². The van der Waals surface area contributed by atoms with Gasteiger partial charge in [-0.1, -0.05) is 230 Å². The fourth-order valence-corrected chi connectivity index (χ4v) is 8.37. The molecule has 6 nitrogen and oxygen atoms in total. The first-order chi connectivity index (χ1) is 31.0. The van der Waals surface area contributed by atoms with Gasteiger partial charge in [-0.3, -0.25) is 9.59 Å². The number of amides is 1. The van der Waals surface area contributed by atoms with Crippen LogP contribution in [0.1, 0.15) is 290 Å². The number of aliphatic hydroxyl groups excluding tert-OH is 2. The van der Waals surface area contributed by atoms with Crippen LogP contribution in [0.2, 0.25) is 0 Å². The maximum atomic E-state index is 12.5. The molecule has 0 spiro atoms. The third kappa shape index (κ3) is 49.4. The van der Waals surface area contributed by atoms with E-state index in [4.69, 9.17) is 4.74 Å². The van der Waals surface area contributed by atoms with Gasteiger partial charge in [-0.15, -0.1) is 0 Å². The molecule has 0 fully saturated rings.